The van der Waals surface area contributed by atoms with E-state index in [0.29, 0.717) is 12.8 Å². The molecule has 0 aromatic carbocycles. The van der Waals surface area contributed by atoms with Crippen molar-refractivity contribution in [2.75, 3.05) is 0 Å². The maximum absolute atomic E-state index is 9.85. The van der Waals surface area contributed by atoms with Crippen molar-refractivity contribution < 1.29 is 5.11 Å². The topological polar surface area (TPSA) is 44.0 Å². The van der Waals surface area contributed by atoms with Gasteiger partial charge in [0.25, 0.3) is 0 Å². The van der Waals surface area contributed by atoms with E-state index in [-0.39, 0.29) is 0 Å². The van der Waals surface area contributed by atoms with Crippen LogP contribution < -0.4 is 0 Å². The van der Waals surface area contributed by atoms with Crippen LogP contribution in [-0.4, -0.2) is 10.7 Å². The maximum Gasteiger partial charge on any atom is 0.0657 e. The molecular weight excluding hydrogens is 138 g/mol. The maximum atomic E-state index is 9.85. The quantitative estimate of drug-likeness (QED) is 0.659. The Bertz CT molecular complexity index is 153. The molecule has 1 fully saturated rings. The molecule has 0 aliphatic heterocycles. The molecule has 62 valence electrons. The smallest absolute Gasteiger partial charge is 0.0657 e. The SMILES string of the molecule is N#CCCC1(O)CCCCC1. The van der Waals surface area contributed by atoms with Crippen LogP contribution in [0.15, 0.2) is 0 Å². The molecule has 0 bridgehead atoms. The third kappa shape index (κ3) is 2.51. The first kappa shape index (κ1) is 8.55. The molecule has 0 amide bonds. The van der Waals surface area contributed by atoms with Crippen molar-refractivity contribution in [1.29, 1.82) is 5.26 Å². The number of hydrogen-bond donors (Lipinski definition) is 1. The van der Waals surface area contributed by atoms with Crippen molar-refractivity contribution in [3.63, 3.8) is 0 Å². The van der Waals surface area contributed by atoms with Crippen molar-refractivity contribution in [2.45, 2.75) is 50.5 Å². The molecule has 1 saturated carbocycles. The van der Waals surface area contributed by atoms with Gasteiger partial charge in [-0.05, 0) is 19.3 Å². The van der Waals surface area contributed by atoms with Gasteiger partial charge in [0.15, 0.2) is 0 Å². The Labute approximate surface area is 67.8 Å². The monoisotopic (exact) mass is 153 g/mol. The lowest BCUT2D eigenvalue weighted by atomic mass is 9.82. The summed E-state index contributed by atoms with van der Waals surface area (Å²) in [4.78, 5) is 0. The molecule has 1 rings (SSSR count). The van der Waals surface area contributed by atoms with Gasteiger partial charge in [-0.3, -0.25) is 0 Å². The predicted octanol–water partition coefficient (Wildman–Crippen LogP) is 1.99. The molecule has 1 N–H and O–H groups in total. The van der Waals surface area contributed by atoms with Gasteiger partial charge in [0.05, 0.1) is 11.7 Å². The fraction of sp³-hybridized carbons (Fsp3) is 0.889. The van der Waals surface area contributed by atoms with Crippen molar-refractivity contribution in [3.05, 3.63) is 0 Å². The molecular formula is C9H15NO. The second-order valence-corrected chi connectivity index (χ2v) is 3.44. The van der Waals surface area contributed by atoms with Crippen LogP contribution in [0, 0.1) is 11.3 Å². The number of nitriles is 1. The van der Waals surface area contributed by atoms with Crippen molar-refractivity contribution in [1.82, 2.24) is 0 Å². The Kier molecular flexibility index (Phi) is 2.90. The number of nitrogens with zero attached hydrogens (tertiary/aromatic N) is 1. The highest BCUT2D eigenvalue weighted by Crippen LogP contribution is 2.31. The zero-order chi connectivity index (χ0) is 8.16. The van der Waals surface area contributed by atoms with Crippen molar-refractivity contribution in [2.24, 2.45) is 0 Å². The second-order valence-electron chi connectivity index (χ2n) is 3.44. The van der Waals surface area contributed by atoms with E-state index in [9.17, 15) is 5.11 Å². The van der Waals surface area contributed by atoms with Crippen LogP contribution in [0.4, 0.5) is 0 Å². The molecule has 11 heavy (non-hydrogen) atoms. The zero-order valence-electron chi connectivity index (χ0n) is 6.84. The first-order chi connectivity index (χ1) is 5.27. The van der Waals surface area contributed by atoms with E-state index in [4.69, 9.17) is 5.26 Å². The molecule has 0 aromatic rings. The summed E-state index contributed by atoms with van der Waals surface area (Å²) in [5.74, 6) is 0. The largest absolute Gasteiger partial charge is 0.390 e. The van der Waals surface area contributed by atoms with E-state index in [1.54, 1.807) is 0 Å². The first-order valence-electron chi connectivity index (χ1n) is 4.36. The number of rotatable bonds is 2. The van der Waals surface area contributed by atoms with Gasteiger partial charge >= 0.3 is 0 Å². The summed E-state index contributed by atoms with van der Waals surface area (Å²) in [5, 5.41) is 18.2. The normalized spacial score (nSPS) is 22.5. The highest BCUT2D eigenvalue weighted by molar-refractivity contribution is 4.85. The van der Waals surface area contributed by atoms with Gasteiger partial charge in [0.2, 0.25) is 0 Å². The average molecular weight is 153 g/mol. The molecule has 2 nitrogen and oxygen atoms in total. The summed E-state index contributed by atoms with van der Waals surface area (Å²) in [6.07, 6.45) is 6.46. The summed E-state index contributed by atoms with van der Waals surface area (Å²) >= 11 is 0. The summed E-state index contributed by atoms with van der Waals surface area (Å²) in [6.45, 7) is 0. The summed E-state index contributed by atoms with van der Waals surface area (Å²) in [7, 11) is 0. The van der Waals surface area contributed by atoms with E-state index in [2.05, 4.69) is 6.07 Å². The van der Waals surface area contributed by atoms with Crippen LogP contribution in [0.5, 0.6) is 0 Å². The molecule has 0 saturated heterocycles. The van der Waals surface area contributed by atoms with Crippen LogP contribution in [0.25, 0.3) is 0 Å². The van der Waals surface area contributed by atoms with Gasteiger partial charge in [-0.1, -0.05) is 19.3 Å². The van der Waals surface area contributed by atoms with Crippen LogP contribution >= 0.6 is 0 Å². The van der Waals surface area contributed by atoms with Gasteiger partial charge in [0.1, 0.15) is 0 Å². The Hall–Kier alpha value is -0.550. The third-order valence-corrected chi connectivity index (χ3v) is 2.49. The molecule has 0 heterocycles. The van der Waals surface area contributed by atoms with Gasteiger partial charge in [0, 0.05) is 6.42 Å². The summed E-state index contributed by atoms with van der Waals surface area (Å²) in [5.41, 5.74) is -0.492. The first-order valence-corrected chi connectivity index (χ1v) is 4.36. The van der Waals surface area contributed by atoms with Gasteiger partial charge < -0.3 is 5.11 Å². The van der Waals surface area contributed by atoms with E-state index in [1.165, 1.54) is 6.42 Å². The average Bonchev–Trinajstić information content (AvgIpc) is 2.03. The molecule has 0 spiro atoms. The highest BCUT2D eigenvalue weighted by atomic mass is 16.3. The summed E-state index contributed by atoms with van der Waals surface area (Å²) < 4.78 is 0. The van der Waals surface area contributed by atoms with Gasteiger partial charge in [-0.15, -0.1) is 0 Å². The Morgan fingerprint density at radius 3 is 2.45 bits per heavy atom. The minimum Gasteiger partial charge on any atom is -0.390 e. The molecule has 0 aromatic heterocycles. The standard InChI is InChI=1S/C9H15NO/c10-8-4-7-9(11)5-2-1-3-6-9/h11H,1-7H2. The van der Waals surface area contributed by atoms with E-state index >= 15 is 0 Å². The van der Waals surface area contributed by atoms with Crippen LogP contribution in [0.3, 0.4) is 0 Å². The third-order valence-electron chi connectivity index (χ3n) is 2.49. The van der Waals surface area contributed by atoms with Crippen molar-refractivity contribution in [3.8, 4) is 6.07 Å². The second kappa shape index (κ2) is 3.73. The zero-order valence-corrected chi connectivity index (χ0v) is 6.84. The van der Waals surface area contributed by atoms with Crippen LogP contribution in [0.2, 0.25) is 0 Å². The fourth-order valence-corrected chi connectivity index (χ4v) is 1.75. The van der Waals surface area contributed by atoms with Crippen molar-refractivity contribution >= 4 is 0 Å². The Balaban J connectivity index is 2.32. The predicted molar refractivity (Wildman–Crippen MR) is 42.9 cm³/mol. The number of aliphatic hydroxyl groups is 1. The summed E-state index contributed by atoms with van der Waals surface area (Å²) in [6, 6.07) is 2.08. The fourth-order valence-electron chi connectivity index (χ4n) is 1.75. The lowest BCUT2D eigenvalue weighted by Crippen LogP contribution is -2.30. The van der Waals surface area contributed by atoms with E-state index in [0.717, 1.165) is 25.7 Å². The minimum absolute atomic E-state index is 0.492. The Morgan fingerprint density at radius 2 is 1.91 bits per heavy atom. The molecule has 2 heteroatoms. The van der Waals surface area contributed by atoms with Gasteiger partial charge in [-0.25, -0.2) is 0 Å². The molecule has 1 aliphatic carbocycles. The molecule has 0 unspecified atom stereocenters. The van der Waals surface area contributed by atoms with Crippen LogP contribution in [-0.2, 0) is 0 Å². The van der Waals surface area contributed by atoms with Gasteiger partial charge in [-0.2, -0.15) is 5.26 Å². The molecule has 1 aliphatic rings. The highest BCUT2D eigenvalue weighted by Gasteiger charge is 2.28. The minimum atomic E-state index is -0.492. The lowest BCUT2D eigenvalue weighted by Gasteiger charge is -2.31. The molecule has 0 radical (unpaired) electrons. The van der Waals surface area contributed by atoms with Crippen LogP contribution in [0.1, 0.15) is 44.9 Å². The van der Waals surface area contributed by atoms with E-state index < -0.39 is 5.60 Å². The number of hydrogen-bond acceptors (Lipinski definition) is 2. The molecule has 0 atom stereocenters. The lowest BCUT2D eigenvalue weighted by molar-refractivity contribution is -0.00246. The Morgan fingerprint density at radius 1 is 1.27 bits per heavy atom. The van der Waals surface area contributed by atoms with E-state index in [1.807, 2.05) is 0 Å².